The van der Waals surface area contributed by atoms with E-state index in [1.165, 1.54) is 19.2 Å². The lowest BCUT2D eigenvalue weighted by Gasteiger charge is -2.20. The molecule has 1 heterocycles. The molecule has 1 aromatic rings. The summed E-state index contributed by atoms with van der Waals surface area (Å²) >= 11 is 0. The highest BCUT2D eigenvalue weighted by molar-refractivity contribution is 7.89. The van der Waals surface area contributed by atoms with Gasteiger partial charge in [-0.05, 0) is 31.0 Å². The van der Waals surface area contributed by atoms with Crippen LogP contribution in [-0.2, 0) is 21.4 Å². The molecule has 2 rings (SSSR count). The molecule has 0 aromatic heterocycles. The first-order valence-corrected chi connectivity index (χ1v) is 8.34. The Bertz CT molecular complexity index is 581. The van der Waals surface area contributed by atoms with Gasteiger partial charge in [0.1, 0.15) is 10.6 Å². The van der Waals surface area contributed by atoms with Gasteiger partial charge in [-0.25, -0.2) is 13.1 Å². The first-order chi connectivity index (χ1) is 9.97. The molecule has 2 atom stereocenters. The lowest BCUT2D eigenvalue weighted by atomic mass is 10.0. The normalized spacial score (nSPS) is 20.4. The maximum atomic E-state index is 12.5. The lowest BCUT2D eigenvalue weighted by molar-refractivity contribution is 0.180. The number of aliphatic hydroxyl groups excluding tert-OH is 1. The van der Waals surface area contributed by atoms with Crippen LogP contribution in [0.3, 0.4) is 0 Å². The van der Waals surface area contributed by atoms with Gasteiger partial charge in [-0.15, -0.1) is 0 Å². The predicted octanol–water partition coefficient (Wildman–Crippen LogP) is 0.891. The zero-order chi connectivity index (χ0) is 15.5. The molecule has 1 fully saturated rings. The molecule has 21 heavy (non-hydrogen) atoms. The van der Waals surface area contributed by atoms with E-state index in [1.54, 1.807) is 6.07 Å². The van der Waals surface area contributed by atoms with Crippen LogP contribution in [0.15, 0.2) is 23.1 Å². The molecule has 1 aliphatic rings. The molecule has 118 valence electrons. The minimum atomic E-state index is -3.68. The van der Waals surface area contributed by atoms with Crippen LogP contribution in [0.4, 0.5) is 0 Å². The maximum absolute atomic E-state index is 12.5. The van der Waals surface area contributed by atoms with E-state index in [0.29, 0.717) is 18.8 Å². The van der Waals surface area contributed by atoms with Gasteiger partial charge >= 0.3 is 0 Å². The van der Waals surface area contributed by atoms with Gasteiger partial charge in [0.25, 0.3) is 0 Å². The quantitative estimate of drug-likeness (QED) is 0.814. The van der Waals surface area contributed by atoms with Crippen LogP contribution in [0, 0.1) is 5.92 Å². The number of aliphatic hydroxyl groups is 1. The van der Waals surface area contributed by atoms with Gasteiger partial charge in [-0.3, -0.25) is 0 Å². The van der Waals surface area contributed by atoms with Crippen molar-refractivity contribution in [3.05, 3.63) is 23.8 Å². The van der Waals surface area contributed by atoms with Gasteiger partial charge in [-0.1, -0.05) is 6.07 Å². The van der Waals surface area contributed by atoms with Crippen LogP contribution in [0.1, 0.15) is 18.9 Å². The van der Waals surface area contributed by atoms with Gasteiger partial charge in [0.05, 0.1) is 20.3 Å². The number of benzene rings is 1. The zero-order valence-electron chi connectivity index (χ0n) is 12.2. The van der Waals surface area contributed by atoms with Gasteiger partial charge in [0, 0.05) is 18.6 Å². The number of sulfonamides is 1. The van der Waals surface area contributed by atoms with Crippen LogP contribution in [0.25, 0.3) is 0 Å². The summed E-state index contributed by atoms with van der Waals surface area (Å²) in [6.07, 6.45) is 0.851. The van der Waals surface area contributed by atoms with Crippen LogP contribution in [-0.4, -0.2) is 39.9 Å². The molecule has 2 unspecified atom stereocenters. The van der Waals surface area contributed by atoms with Crippen LogP contribution >= 0.6 is 0 Å². The van der Waals surface area contributed by atoms with Crippen LogP contribution < -0.4 is 9.46 Å². The Hall–Kier alpha value is -1.15. The summed E-state index contributed by atoms with van der Waals surface area (Å²) in [6, 6.07) is 4.34. The van der Waals surface area contributed by atoms with Crippen molar-refractivity contribution in [1.82, 2.24) is 4.72 Å². The molecule has 0 saturated carbocycles. The van der Waals surface area contributed by atoms with E-state index < -0.39 is 10.0 Å². The van der Waals surface area contributed by atoms with Gasteiger partial charge in [-0.2, -0.15) is 0 Å². The van der Waals surface area contributed by atoms with Crippen molar-refractivity contribution in [3.8, 4) is 5.75 Å². The lowest BCUT2D eigenvalue weighted by Crippen LogP contribution is -2.38. The van der Waals surface area contributed by atoms with Crippen molar-refractivity contribution >= 4 is 10.0 Å². The molecular weight excluding hydrogens is 294 g/mol. The maximum Gasteiger partial charge on any atom is 0.244 e. The molecule has 0 radical (unpaired) electrons. The SMILES string of the molecule is COc1cc(CO)ccc1S(=O)(=O)NC(C)C1CCOC1. The molecule has 0 bridgehead atoms. The molecule has 2 N–H and O–H groups in total. The summed E-state index contributed by atoms with van der Waals surface area (Å²) in [7, 11) is -2.27. The van der Waals surface area contributed by atoms with Gasteiger partial charge < -0.3 is 14.6 Å². The molecule has 1 aliphatic heterocycles. The average Bonchev–Trinajstić information content (AvgIpc) is 3.00. The molecule has 1 aromatic carbocycles. The molecule has 0 spiro atoms. The van der Waals surface area contributed by atoms with Crippen molar-refractivity contribution in [1.29, 1.82) is 0 Å². The Morgan fingerprint density at radius 1 is 1.52 bits per heavy atom. The van der Waals surface area contributed by atoms with Gasteiger partial charge in [0.2, 0.25) is 10.0 Å². The van der Waals surface area contributed by atoms with E-state index in [-0.39, 0.29) is 29.2 Å². The number of rotatable bonds is 6. The van der Waals surface area contributed by atoms with Crippen LogP contribution in [0.5, 0.6) is 5.75 Å². The molecule has 6 nitrogen and oxygen atoms in total. The van der Waals surface area contributed by atoms with Crippen molar-refractivity contribution in [3.63, 3.8) is 0 Å². The standard InChI is InChI=1S/C14H21NO5S/c1-10(12-5-6-20-9-12)15-21(17,18)14-4-3-11(8-16)7-13(14)19-2/h3-4,7,10,12,15-16H,5-6,8-9H2,1-2H3. The number of hydrogen-bond acceptors (Lipinski definition) is 5. The third kappa shape index (κ3) is 3.74. The second kappa shape index (κ2) is 6.74. The fourth-order valence-corrected chi connectivity index (χ4v) is 3.85. The monoisotopic (exact) mass is 315 g/mol. The van der Waals surface area contributed by atoms with Crippen molar-refractivity contribution in [2.24, 2.45) is 5.92 Å². The molecule has 0 amide bonds. The summed E-state index contributed by atoms with van der Waals surface area (Å²) in [6.45, 7) is 2.92. The van der Waals surface area contributed by atoms with E-state index in [9.17, 15) is 8.42 Å². The first-order valence-electron chi connectivity index (χ1n) is 6.85. The van der Waals surface area contributed by atoms with E-state index in [0.717, 1.165) is 6.42 Å². The Kier molecular flexibility index (Phi) is 5.21. The topological polar surface area (TPSA) is 84.9 Å². The highest BCUT2D eigenvalue weighted by atomic mass is 32.2. The smallest absolute Gasteiger partial charge is 0.244 e. The minimum Gasteiger partial charge on any atom is -0.495 e. The van der Waals surface area contributed by atoms with Crippen molar-refractivity contribution in [2.45, 2.75) is 30.9 Å². The third-order valence-corrected chi connectivity index (χ3v) is 5.31. The van der Waals surface area contributed by atoms with Crippen molar-refractivity contribution in [2.75, 3.05) is 20.3 Å². The highest BCUT2D eigenvalue weighted by Crippen LogP contribution is 2.26. The predicted molar refractivity (Wildman–Crippen MR) is 77.6 cm³/mol. The summed E-state index contributed by atoms with van der Waals surface area (Å²) in [5.74, 6) is 0.409. The number of hydrogen-bond donors (Lipinski definition) is 2. The van der Waals surface area contributed by atoms with E-state index in [1.807, 2.05) is 6.92 Å². The molecule has 7 heteroatoms. The minimum absolute atomic E-state index is 0.0768. The summed E-state index contributed by atoms with van der Waals surface area (Å²) in [4.78, 5) is 0.0768. The second-order valence-electron chi connectivity index (χ2n) is 5.18. The first kappa shape index (κ1) is 16.2. The Morgan fingerprint density at radius 2 is 2.29 bits per heavy atom. The Balaban J connectivity index is 2.22. The second-order valence-corrected chi connectivity index (χ2v) is 6.86. The number of methoxy groups -OCH3 is 1. The zero-order valence-corrected chi connectivity index (χ0v) is 13.0. The fraction of sp³-hybridized carbons (Fsp3) is 0.571. The van der Waals surface area contributed by atoms with Gasteiger partial charge in [0.15, 0.2) is 0 Å². The molecule has 1 saturated heterocycles. The van der Waals surface area contributed by atoms with Crippen molar-refractivity contribution < 1.29 is 23.0 Å². The average molecular weight is 315 g/mol. The third-order valence-electron chi connectivity index (χ3n) is 3.71. The summed E-state index contributed by atoms with van der Waals surface area (Å²) < 4.78 is 38.1. The van der Waals surface area contributed by atoms with E-state index >= 15 is 0 Å². The van der Waals surface area contributed by atoms with E-state index in [4.69, 9.17) is 14.6 Å². The van der Waals surface area contributed by atoms with E-state index in [2.05, 4.69) is 4.72 Å². The Labute approximate surface area is 125 Å². The van der Waals surface area contributed by atoms with Crippen LogP contribution in [0.2, 0.25) is 0 Å². The summed E-state index contributed by atoms with van der Waals surface area (Å²) in [5, 5.41) is 9.11. The number of nitrogens with one attached hydrogen (secondary N) is 1. The number of ether oxygens (including phenoxy) is 2. The fourth-order valence-electron chi connectivity index (χ4n) is 2.38. The largest absolute Gasteiger partial charge is 0.495 e. The Morgan fingerprint density at radius 3 is 2.86 bits per heavy atom. The molecule has 0 aliphatic carbocycles. The summed E-state index contributed by atoms with van der Waals surface area (Å²) in [5.41, 5.74) is 0.600. The molecular formula is C14H21NO5S. The highest BCUT2D eigenvalue weighted by Gasteiger charge is 2.28.